The average Bonchev–Trinajstić information content (AvgIpc) is 2.53. The standard InChI is InChI=1S/C17H20ClNOS/c1-3-13-8-10-14(11-9-13)16(19-2)12-21(20)17-7-5-4-6-15(17)18/h4-11,16,19H,3,12H2,1-2H3. The van der Waals surface area contributed by atoms with E-state index in [9.17, 15) is 4.21 Å². The number of rotatable bonds is 6. The summed E-state index contributed by atoms with van der Waals surface area (Å²) in [6, 6.07) is 15.8. The van der Waals surface area contributed by atoms with Crippen molar-refractivity contribution in [2.45, 2.75) is 24.3 Å². The third-order valence-electron chi connectivity index (χ3n) is 3.54. The van der Waals surface area contributed by atoms with Crippen LogP contribution in [0.1, 0.15) is 24.1 Å². The summed E-state index contributed by atoms with van der Waals surface area (Å²) in [6.07, 6.45) is 1.02. The van der Waals surface area contributed by atoms with Crippen molar-refractivity contribution in [3.8, 4) is 0 Å². The van der Waals surface area contributed by atoms with Crippen LogP contribution < -0.4 is 5.32 Å². The Morgan fingerprint density at radius 3 is 2.38 bits per heavy atom. The fraction of sp³-hybridized carbons (Fsp3) is 0.294. The molecule has 2 aromatic rings. The highest BCUT2D eigenvalue weighted by atomic mass is 35.5. The van der Waals surface area contributed by atoms with Gasteiger partial charge in [-0.05, 0) is 36.7 Å². The SMILES string of the molecule is CCc1ccc(C(CS(=O)c2ccccc2Cl)NC)cc1. The molecule has 2 unspecified atom stereocenters. The van der Waals surface area contributed by atoms with Crippen LogP contribution in [-0.4, -0.2) is 17.0 Å². The Balaban J connectivity index is 2.15. The van der Waals surface area contributed by atoms with Crippen LogP contribution in [0.2, 0.25) is 5.02 Å². The van der Waals surface area contributed by atoms with Gasteiger partial charge in [-0.15, -0.1) is 0 Å². The van der Waals surface area contributed by atoms with Crippen LogP contribution in [-0.2, 0) is 17.2 Å². The molecule has 0 heterocycles. The summed E-state index contributed by atoms with van der Waals surface area (Å²) in [5.74, 6) is 0.506. The molecule has 0 spiro atoms. The van der Waals surface area contributed by atoms with Gasteiger partial charge >= 0.3 is 0 Å². The molecule has 4 heteroatoms. The summed E-state index contributed by atoms with van der Waals surface area (Å²) in [6.45, 7) is 2.14. The minimum Gasteiger partial charge on any atom is -0.312 e. The molecule has 2 aromatic carbocycles. The second-order valence-corrected chi connectivity index (χ2v) is 6.75. The zero-order valence-corrected chi connectivity index (χ0v) is 13.9. The summed E-state index contributed by atoms with van der Waals surface area (Å²) in [4.78, 5) is 0.699. The second kappa shape index (κ2) is 7.74. The molecular formula is C17H20ClNOS. The summed E-state index contributed by atoms with van der Waals surface area (Å²) in [5, 5.41) is 3.80. The first-order valence-electron chi connectivity index (χ1n) is 7.04. The Bertz CT molecular complexity index is 612. The molecule has 0 amide bonds. The van der Waals surface area contributed by atoms with E-state index >= 15 is 0 Å². The van der Waals surface area contributed by atoms with Crippen molar-refractivity contribution in [1.82, 2.24) is 5.32 Å². The van der Waals surface area contributed by atoms with E-state index in [1.54, 1.807) is 6.07 Å². The van der Waals surface area contributed by atoms with Crippen LogP contribution >= 0.6 is 11.6 Å². The Morgan fingerprint density at radius 2 is 1.81 bits per heavy atom. The van der Waals surface area contributed by atoms with Crippen molar-refractivity contribution in [2.24, 2.45) is 0 Å². The molecule has 0 aliphatic rings. The zero-order chi connectivity index (χ0) is 15.2. The number of hydrogen-bond acceptors (Lipinski definition) is 2. The monoisotopic (exact) mass is 321 g/mol. The number of aryl methyl sites for hydroxylation is 1. The topological polar surface area (TPSA) is 29.1 Å². The highest BCUT2D eigenvalue weighted by molar-refractivity contribution is 7.85. The van der Waals surface area contributed by atoms with E-state index in [2.05, 4.69) is 36.5 Å². The van der Waals surface area contributed by atoms with Crippen molar-refractivity contribution >= 4 is 22.4 Å². The molecule has 0 radical (unpaired) electrons. The van der Waals surface area contributed by atoms with Crippen LogP contribution in [0.3, 0.4) is 0 Å². The van der Waals surface area contributed by atoms with Gasteiger partial charge in [0, 0.05) is 11.8 Å². The second-order valence-electron chi connectivity index (χ2n) is 4.88. The maximum absolute atomic E-state index is 12.5. The van der Waals surface area contributed by atoms with E-state index in [1.807, 2.05) is 25.2 Å². The molecule has 2 atom stereocenters. The van der Waals surface area contributed by atoms with Crippen LogP contribution in [0.5, 0.6) is 0 Å². The Kier molecular flexibility index (Phi) is 5.97. The first kappa shape index (κ1) is 16.2. The minimum atomic E-state index is -1.13. The van der Waals surface area contributed by atoms with Gasteiger partial charge in [-0.25, -0.2) is 0 Å². The quantitative estimate of drug-likeness (QED) is 0.872. The molecule has 0 saturated heterocycles. The molecule has 0 bridgehead atoms. The number of hydrogen-bond donors (Lipinski definition) is 1. The van der Waals surface area contributed by atoms with Gasteiger partial charge in [0.1, 0.15) is 0 Å². The fourth-order valence-corrected chi connectivity index (χ4v) is 3.95. The lowest BCUT2D eigenvalue weighted by atomic mass is 10.1. The van der Waals surface area contributed by atoms with E-state index in [1.165, 1.54) is 5.56 Å². The van der Waals surface area contributed by atoms with Gasteiger partial charge in [0.05, 0.1) is 20.7 Å². The molecule has 112 valence electrons. The normalized spacial score (nSPS) is 13.9. The van der Waals surface area contributed by atoms with Crippen molar-refractivity contribution in [3.05, 3.63) is 64.7 Å². The van der Waals surface area contributed by atoms with Crippen molar-refractivity contribution in [3.63, 3.8) is 0 Å². The van der Waals surface area contributed by atoms with Gasteiger partial charge in [0.15, 0.2) is 0 Å². The van der Waals surface area contributed by atoms with Crippen LogP contribution in [0.15, 0.2) is 53.4 Å². The highest BCUT2D eigenvalue weighted by Gasteiger charge is 2.16. The molecule has 2 nitrogen and oxygen atoms in total. The fourth-order valence-electron chi connectivity index (χ4n) is 2.20. The molecular weight excluding hydrogens is 302 g/mol. The Morgan fingerprint density at radius 1 is 1.14 bits per heavy atom. The molecule has 2 rings (SSSR count). The van der Waals surface area contributed by atoms with Crippen molar-refractivity contribution < 1.29 is 4.21 Å². The zero-order valence-electron chi connectivity index (χ0n) is 12.3. The van der Waals surface area contributed by atoms with Gasteiger partial charge in [-0.2, -0.15) is 0 Å². The van der Waals surface area contributed by atoms with Crippen LogP contribution in [0.25, 0.3) is 0 Å². The largest absolute Gasteiger partial charge is 0.312 e. The Labute approximate surface area is 134 Å². The van der Waals surface area contributed by atoms with E-state index in [0.717, 1.165) is 12.0 Å². The maximum Gasteiger partial charge on any atom is 0.0574 e. The van der Waals surface area contributed by atoms with Gasteiger partial charge in [-0.3, -0.25) is 4.21 Å². The lowest BCUT2D eigenvalue weighted by molar-refractivity contribution is 0.635. The van der Waals surface area contributed by atoms with Gasteiger partial charge in [0.2, 0.25) is 0 Å². The van der Waals surface area contributed by atoms with E-state index in [-0.39, 0.29) is 6.04 Å². The number of halogens is 1. The summed E-state index contributed by atoms with van der Waals surface area (Å²) >= 11 is 6.12. The average molecular weight is 322 g/mol. The van der Waals surface area contributed by atoms with Gasteiger partial charge < -0.3 is 5.32 Å². The summed E-state index contributed by atoms with van der Waals surface area (Å²) < 4.78 is 12.5. The highest BCUT2D eigenvalue weighted by Crippen LogP contribution is 2.23. The van der Waals surface area contributed by atoms with Crippen molar-refractivity contribution in [2.75, 3.05) is 12.8 Å². The van der Waals surface area contributed by atoms with Crippen LogP contribution in [0, 0.1) is 0 Å². The predicted octanol–water partition coefficient (Wildman–Crippen LogP) is 3.97. The lowest BCUT2D eigenvalue weighted by Gasteiger charge is -2.17. The smallest absolute Gasteiger partial charge is 0.0574 e. The van der Waals surface area contributed by atoms with Gasteiger partial charge in [0.25, 0.3) is 0 Å². The third kappa shape index (κ3) is 4.16. The van der Waals surface area contributed by atoms with E-state index in [0.29, 0.717) is 15.7 Å². The number of nitrogens with one attached hydrogen (secondary N) is 1. The van der Waals surface area contributed by atoms with E-state index < -0.39 is 10.8 Å². The Hall–Kier alpha value is -1.16. The first-order valence-corrected chi connectivity index (χ1v) is 8.74. The number of benzene rings is 2. The molecule has 1 N–H and O–H groups in total. The summed E-state index contributed by atoms with van der Waals surface area (Å²) in [5.41, 5.74) is 2.45. The molecule has 0 saturated carbocycles. The van der Waals surface area contributed by atoms with Gasteiger partial charge in [-0.1, -0.05) is 54.9 Å². The molecule has 0 aromatic heterocycles. The first-order chi connectivity index (χ1) is 10.2. The van der Waals surface area contributed by atoms with E-state index in [4.69, 9.17) is 11.6 Å². The molecule has 21 heavy (non-hydrogen) atoms. The maximum atomic E-state index is 12.5. The minimum absolute atomic E-state index is 0.0491. The van der Waals surface area contributed by atoms with Crippen molar-refractivity contribution in [1.29, 1.82) is 0 Å². The third-order valence-corrected chi connectivity index (χ3v) is 5.46. The lowest BCUT2D eigenvalue weighted by Crippen LogP contribution is -2.22. The van der Waals surface area contributed by atoms with Crippen LogP contribution in [0.4, 0.5) is 0 Å². The molecule has 0 fully saturated rings. The predicted molar refractivity (Wildman–Crippen MR) is 90.3 cm³/mol. The summed E-state index contributed by atoms with van der Waals surface area (Å²) in [7, 11) is 0.764. The molecule has 0 aliphatic carbocycles. The molecule has 0 aliphatic heterocycles.